The summed E-state index contributed by atoms with van der Waals surface area (Å²) in [6, 6.07) is 6.94. The zero-order valence-electron chi connectivity index (χ0n) is 10.9. The molecule has 19 heavy (non-hydrogen) atoms. The summed E-state index contributed by atoms with van der Waals surface area (Å²) in [5, 5.41) is 3.40. The molecule has 1 heterocycles. The van der Waals surface area contributed by atoms with E-state index >= 15 is 0 Å². The van der Waals surface area contributed by atoms with Crippen molar-refractivity contribution in [2.45, 2.75) is 32.4 Å². The van der Waals surface area contributed by atoms with Crippen LogP contribution in [0.25, 0.3) is 0 Å². The van der Waals surface area contributed by atoms with Gasteiger partial charge < -0.3 is 14.8 Å². The van der Waals surface area contributed by atoms with E-state index < -0.39 is 6.61 Å². The summed E-state index contributed by atoms with van der Waals surface area (Å²) >= 11 is 0. The van der Waals surface area contributed by atoms with E-state index in [0.717, 1.165) is 19.4 Å². The van der Waals surface area contributed by atoms with Gasteiger partial charge in [0.2, 0.25) is 0 Å². The van der Waals surface area contributed by atoms with Crippen LogP contribution in [-0.4, -0.2) is 25.8 Å². The van der Waals surface area contributed by atoms with Gasteiger partial charge in [0, 0.05) is 24.6 Å². The van der Waals surface area contributed by atoms with Crippen molar-refractivity contribution in [1.29, 1.82) is 0 Å². The molecule has 1 aromatic rings. The normalized spacial score (nSPS) is 23.4. The molecule has 2 rings (SSSR count). The first kappa shape index (κ1) is 14.1. The molecule has 1 N–H and O–H groups in total. The average molecular weight is 271 g/mol. The van der Waals surface area contributed by atoms with Gasteiger partial charge >= 0.3 is 6.61 Å². The largest absolute Gasteiger partial charge is 0.493 e. The Labute approximate surface area is 111 Å². The second-order valence-electron chi connectivity index (χ2n) is 4.92. The number of ether oxygens (including phenoxy) is 2. The zero-order chi connectivity index (χ0) is 13.7. The van der Waals surface area contributed by atoms with Crippen LogP contribution < -0.4 is 14.8 Å². The van der Waals surface area contributed by atoms with Crippen LogP contribution in [0.2, 0.25) is 0 Å². The molecule has 1 aliphatic rings. The van der Waals surface area contributed by atoms with Crippen LogP contribution in [0.1, 0.15) is 19.8 Å². The Morgan fingerprint density at radius 1 is 1.32 bits per heavy atom. The Kier molecular flexibility index (Phi) is 4.96. The van der Waals surface area contributed by atoms with Gasteiger partial charge in [0.15, 0.2) is 0 Å². The van der Waals surface area contributed by atoms with Crippen LogP contribution in [0, 0.1) is 5.92 Å². The Bertz CT molecular complexity index is 393. The summed E-state index contributed by atoms with van der Waals surface area (Å²) in [5.74, 6) is 1.16. The summed E-state index contributed by atoms with van der Waals surface area (Å²) in [5.41, 5.74) is 0. The van der Waals surface area contributed by atoms with Crippen LogP contribution in [-0.2, 0) is 0 Å². The number of hydrogen-bond acceptors (Lipinski definition) is 3. The molecule has 0 aromatic heterocycles. The third-order valence-electron chi connectivity index (χ3n) is 3.28. The number of halogens is 2. The van der Waals surface area contributed by atoms with E-state index in [0.29, 0.717) is 24.3 Å². The van der Waals surface area contributed by atoms with Gasteiger partial charge in [-0.15, -0.1) is 0 Å². The van der Waals surface area contributed by atoms with Gasteiger partial charge in [-0.2, -0.15) is 8.78 Å². The second kappa shape index (κ2) is 6.70. The van der Waals surface area contributed by atoms with Crippen LogP contribution >= 0.6 is 0 Å². The lowest BCUT2D eigenvalue weighted by molar-refractivity contribution is -0.0499. The Balaban J connectivity index is 1.82. The van der Waals surface area contributed by atoms with Crippen LogP contribution in [0.15, 0.2) is 24.3 Å². The fourth-order valence-corrected chi connectivity index (χ4v) is 2.15. The molecule has 0 amide bonds. The highest BCUT2D eigenvalue weighted by atomic mass is 19.3. The van der Waals surface area contributed by atoms with Crippen molar-refractivity contribution in [1.82, 2.24) is 5.32 Å². The maximum Gasteiger partial charge on any atom is 0.387 e. The van der Waals surface area contributed by atoms with Crippen molar-refractivity contribution in [2.75, 3.05) is 13.2 Å². The van der Waals surface area contributed by atoms with Gasteiger partial charge in [0.25, 0.3) is 0 Å². The number of piperidine rings is 1. The molecule has 0 spiro atoms. The number of hydrogen-bond donors (Lipinski definition) is 1. The smallest absolute Gasteiger partial charge is 0.387 e. The van der Waals surface area contributed by atoms with Crippen LogP contribution in [0.3, 0.4) is 0 Å². The lowest BCUT2D eigenvalue weighted by atomic mass is 9.96. The lowest BCUT2D eigenvalue weighted by Crippen LogP contribution is -2.38. The molecule has 2 atom stereocenters. The molecule has 0 bridgehead atoms. The highest BCUT2D eigenvalue weighted by molar-refractivity contribution is 5.32. The monoisotopic (exact) mass is 271 g/mol. The Morgan fingerprint density at radius 2 is 2.11 bits per heavy atom. The minimum absolute atomic E-state index is 0.128. The molecular formula is C14H19F2NO2. The number of alkyl halides is 2. The summed E-state index contributed by atoms with van der Waals surface area (Å²) < 4.78 is 34.2. The van der Waals surface area contributed by atoms with Crippen molar-refractivity contribution in [3.63, 3.8) is 0 Å². The molecule has 0 saturated carbocycles. The number of nitrogens with one attached hydrogen (secondary N) is 1. The van der Waals surface area contributed by atoms with Gasteiger partial charge in [-0.25, -0.2) is 0 Å². The maximum atomic E-state index is 12.1. The molecule has 1 fully saturated rings. The summed E-state index contributed by atoms with van der Waals surface area (Å²) in [7, 11) is 0. The standard InChI is InChI=1S/C14H19F2NO2/c1-10-5-6-11(8-17-10)9-18-12-3-2-4-13(7-12)19-14(15)16/h2-4,7,10-11,14,17H,5-6,8-9H2,1H3/t10-,11+/m1/s1. The van der Waals surface area contributed by atoms with Gasteiger partial charge in [0.1, 0.15) is 11.5 Å². The molecule has 1 aliphatic heterocycles. The van der Waals surface area contributed by atoms with Crippen molar-refractivity contribution in [3.05, 3.63) is 24.3 Å². The summed E-state index contributed by atoms with van der Waals surface area (Å²) in [6.45, 7) is 0.897. The van der Waals surface area contributed by atoms with Gasteiger partial charge in [-0.1, -0.05) is 6.07 Å². The first-order chi connectivity index (χ1) is 9.13. The summed E-state index contributed by atoms with van der Waals surface area (Å²) in [6.07, 6.45) is 2.27. The average Bonchev–Trinajstić information content (AvgIpc) is 2.38. The first-order valence-corrected chi connectivity index (χ1v) is 6.54. The van der Waals surface area contributed by atoms with Crippen molar-refractivity contribution in [2.24, 2.45) is 5.92 Å². The van der Waals surface area contributed by atoms with Crippen LogP contribution in [0.4, 0.5) is 8.78 Å². The topological polar surface area (TPSA) is 30.5 Å². The maximum absolute atomic E-state index is 12.1. The molecule has 3 nitrogen and oxygen atoms in total. The molecular weight excluding hydrogens is 252 g/mol. The third-order valence-corrected chi connectivity index (χ3v) is 3.28. The highest BCUT2D eigenvalue weighted by Crippen LogP contribution is 2.22. The van der Waals surface area contributed by atoms with E-state index in [9.17, 15) is 8.78 Å². The predicted molar refractivity (Wildman–Crippen MR) is 68.8 cm³/mol. The van der Waals surface area contributed by atoms with Crippen molar-refractivity contribution < 1.29 is 18.3 Å². The molecule has 1 aromatic carbocycles. The first-order valence-electron chi connectivity index (χ1n) is 6.54. The Hall–Kier alpha value is -1.36. The van der Waals surface area contributed by atoms with Gasteiger partial charge in [-0.05, 0) is 31.9 Å². The quantitative estimate of drug-likeness (QED) is 0.892. The zero-order valence-corrected chi connectivity index (χ0v) is 10.9. The second-order valence-corrected chi connectivity index (χ2v) is 4.92. The summed E-state index contributed by atoms with van der Waals surface area (Å²) in [4.78, 5) is 0. The molecule has 0 aliphatic carbocycles. The van der Waals surface area contributed by atoms with E-state index in [1.54, 1.807) is 12.1 Å². The van der Waals surface area contributed by atoms with E-state index in [4.69, 9.17) is 4.74 Å². The van der Waals surface area contributed by atoms with E-state index in [1.165, 1.54) is 12.1 Å². The predicted octanol–water partition coefficient (Wildman–Crippen LogP) is 3.05. The highest BCUT2D eigenvalue weighted by Gasteiger charge is 2.18. The molecule has 1 saturated heterocycles. The third kappa shape index (κ3) is 4.67. The van der Waals surface area contributed by atoms with Gasteiger partial charge in [-0.3, -0.25) is 0 Å². The fourth-order valence-electron chi connectivity index (χ4n) is 2.15. The van der Waals surface area contributed by atoms with Crippen LogP contribution in [0.5, 0.6) is 11.5 Å². The molecule has 0 unspecified atom stereocenters. The Morgan fingerprint density at radius 3 is 2.79 bits per heavy atom. The van der Waals surface area contributed by atoms with E-state index in [1.807, 2.05) is 0 Å². The number of rotatable bonds is 5. The molecule has 5 heteroatoms. The van der Waals surface area contributed by atoms with E-state index in [-0.39, 0.29) is 5.75 Å². The minimum Gasteiger partial charge on any atom is -0.493 e. The van der Waals surface area contributed by atoms with Crippen molar-refractivity contribution in [3.8, 4) is 11.5 Å². The molecule has 106 valence electrons. The van der Waals surface area contributed by atoms with Gasteiger partial charge in [0.05, 0.1) is 6.61 Å². The van der Waals surface area contributed by atoms with E-state index in [2.05, 4.69) is 17.0 Å². The fraction of sp³-hybridized carbons (Fsp3) is 0.571. The lowest BCUT2D eigenvalue weighted by Gasteiger charge is -2.27. The molecule has 0 radical (unpaired) electrons. The minimum atomic E-state index is -2.81. The number of benzene rings is 1. The SMILES string of the molecule is C[C@@H]1CC[C@H](COc2cccc(OC(F)F)c2)CN1. The van der Waals surface area contributed by atoms with Crippen molar-refractivity contribution >= 4 is 0 Å².